The lowest BCUT2D eigenvalue weighted by Gasteiger charge is -2.25. The number of hydrogen-bond donors (Lipinski definition) is 2. The van der Waals surface area contributed by atoms with Gasteiger partial charge in [-0.25, -0.2) is 8.42 Å². The third-order valence-electron chi connectivity index (χ3n) is 5.99. The van der Waals surface area contributed by atoms with Crippen molar-refractivity contribution in [3.63, 3.8) is 0 Å². The number of primary amides is 1. The van der Waals surface area contributed by atoms with Crippen LogP contribution >= 0.6 is 22.9 Å². The van der Waals surface area contributed by atoms with Gasteiger partial charge in [0.05, 0.1) is 10.5 Å². The number of carbonyl (C=O) groups is 2. The highest BCUT2D eigenvalue weighted by Gasteiger charge is 2.40. The van der Waals surface area contributed by atoms with Gasteiger partial charge in [0.25, 0.3) is 5.91 Å². The quantitative estimate of drug-likeness (QED) is 0.638. The molecule has 1 atom stereocenters. The van der Waals surface area contributed by atoms with Gasteiger partial charge in [-0.3, -0.25) is 14.5 Å². The first kappa shape index (κ1) is 23.2. The van der Waals surface area contributed by atoms with Gasteiger partial charge >= 0.3 is 0 Å². The number of benzene rings is 1. The van der Waals surface area contributed by atoms with Crippen LogP contribution in [-0.4, -0.2) is 55.1 Å². The molecule has 0 aliphatic carbocycles. The molecule has 3 N–H and O–H groups in total. The van der Waals surface area contributed by atoms with Crippen molar-refractivity contribution in [1.82, 2.24) is 9.21 Å². The highest BCUT2D eigenvalue weighted by molar-refractivity contribution is 7.89. The Morgan fingerprint density at radius 1 is 1.25 bits per heavy atom. The number of thiophene rings is 1. The maximum absolute atomic E-state index is 13.2. The molecule has 0 radical (unpaired) electrons. The first-order valence-electron chi connectivity index (χ1n) is 10.5. The van der Waals surface area contributed by atoms with E-state index in [0.29, 0.717) is 41.4 Å². The molecule has 4 rings (SSSR count). The number of nitrogens with one attached hydrogen (secondary N) is 1. The Bertz CT molecular complexity index is 1150. The number of amides is 2. The van der Waals surface area contributed by atoms with Crippen LogP contribution in [0.15, 0.2) is 29.2 Å². The number of nitrogens with two attached hydrogens (primary N) is 1. The molecular weight excluding hydrogens is 472 g/mol. The second-order valence-corrected chi connectivity index (χ2v) is 11.3. The molecule has 3 heterocycles. The van der Waals surface area contributed by atoms with Gasteiger partial charge in [-0.2, -0.15) is 4.31 Å². The van der Waals surface area contributed by atoms with Crippen LogP contribution in [0.1, 0.15) is 40.6 Å². The van der Waals surface area contributed by atoms with Crippen LogP contribution in [0.5, 0.6) is 0 Å². The van der Waals surface area contributed by atoms with E-state index in [1.807, 2.05) is 0 Å². The molecule has 1 fully saturated rings. The lowest BCUT2D eigenvalue weighted by Crippen LogP contribution is -2.43. The van der Waals surface area contributed by atoms with Crippen molar-refractivity contribution in [1.29, 1.82) is 0 Å². The van der Waals surface area contributed by atoms with Gasteiger partial charge in [-0.05, 0) is 55.6 Å². The monoisotopic (exact) mass is 496 g/mol. The molecule has 32 heavy (non-hydrogen) atoms. The summed E-state index contributed by atoms with van der Waals surface area (Å²) in [6, 6.07) is 5.03. The van der Waals surface area contributed by atoms with E-state index in [0.717, 1.165) is 23.5 Å². The first-order valence-corrected chi connectivity index (χ1v) is 13.1. The first-order chi connectivity index (χ1) is 15.2. The molecule has 11 heteroatoms. The summed E-state index contributed by atoms with van der Waals surface area (Å²) < 4.78 is 27.5. The highest BCUT2D eigenvalue weighted by Crippen LogP contribution is 2.37. The van der Waals surface area contributed by atoms with Gasteiger partial charge in [0.2, 0.25) is 15.9 Å². The molecule has 0 bridgehead atoms. The minimum Gasteiger partial charge on any atom is -0.365 e. The Kier molecular flexibility index (Phi) is 6.60. The molecule has 172 valence electrons. The van der Waals surface area contributed by atoms with Crippen molar-refractivity contribution in [2.45, 2.75) is 43.7 Å². The van der Waals surface area contributed by atoms with Crippen LogP contribution in [0.4, 0.5) is 5.00 Å². The van der Waals surface area contributed by atoms with Crippen LogP contribution in [0.2, 0.25) is 5.02 Å². The van der Waals surface area contributed by atoms with Gasteiger partial charge in [0.15, 0.2) is 0 Å². The molecule has 1 aromatic carbocycles. The number of likely N-dealkylation sites (N-methyl/N-ethyl adjacent to an activating group) is 1. The van der Waals surface area contributed by atoms with E-state index in [-0.39, 0.29) is 11.4 Å². The van der Waals surface area contributed by atoms with E-state index in [2.05, 4.69) is 17.1 Å². The van der Waals surface area contributed by atoms with Crippen molar-refractivity contribution in [2.75, 3.05) is 25.0 Å². The fourth-order valence-electron chi connectivity index (χ4n) is 4.30. The molecule has 0 spiro atoms. The largest absolute Gasteiger partial charge is 0.365 e. The fourth-order valence-corrected chi connectivity index (χ4v) is 7.38. The Hall–Kier alpha value is -1.98. The van der Waals surface area contributed by atoms with Crippen LogP contribution in [-0.2, 0) is 27.8 Å². The number of anilines is 1. The smallest absolute Gasteiger partial charge is 0.251 e. The van der Waals surface area contributed by atoms with Gasteiger partial charge in [-0.1, -0.05) is 18.5 Å². The molecule has 1 unspecified atom stereocenters. The van der Waals surface area contributed by atoms with E-state index in [1.54, 1.807) is 0 Å². The zero-order valence-corrected chi connectivity index (χ0v) is 20.0. The summed E-state index contributed by atoms with van der Waals surface area (Å²) in [5, 5.41) is 3.66. The van der Waals surface area contributed by atoms with E-state index >= 15 is 0 Å². The molecule has 2 aliphatic heterocycles. The summed E-state index contributed by atoms with van der Waals surface area (Å²) in [4.78, 5) is 28.7. The molecule has 8 nitrogen and oxygen atoms in total. The summed E-state index contributed by atoms with van der Waals surface area (Å²) >= 11 is 7.23. The number of nitrogens with zero attached hydrogens (tertiary/aromatic N) is 2. The van der Waals surface area contributed by atoms with Crippen molar-refractivity contribution in [3.8, 4) is 0 Å². The van der Waals surface area contributed by atoms with E-state index in [4.69, 9.17) is 17.3 Å². The van der Waals surface area contributed by atoms with Crippen molar-refractivity contribution in [2.24, 2.45) is 5.73 Å². The zero-order valence-electron chi connectivity index (χ0n) is 17.6. The molecule has 2 aromatic rings. The maximum Gasteiger partial charge on any atom is 0.251 e. The van der Waals surface area contributed by atoms with E-state index in [1.165, 1.54) is 39.9 Å². The van der Waals surface area contributed by atoms with Gasteiger partial charge in [0.1, 0.15) is 11.0 Å². The molecule has 1 saturated heterocycles. The summed E-state index contributed by atoms with van der Waals surface area (Å²) in [5.74, 6) is -1.03. The predicted molar refractivity (Wildman–Crippen MR) is 124 cm³/mol. The van der Waals surface area contributed by atoms with Gasteiger partial charge in [0, 0.05) is 29.5 Å². The Labute approximate surface area is 196 Å². The predicted octanol–water partition coefficient (Wildman–Crippen LogP) is 2.67. The molecule has 2 amide bonds. The van der Waals surface area contributed by atoms with Gasteiger partial charge < -0.3 is 11.1 Å². The Morgan fingerprint density at radius 3 is 2.62 bits per heavy atom. The lowest BCUT2D eigenvalue weighted by molar-refractivity contribution is -0.119. The topological polar surface area (TPSA) is 113 Å². The second kappa shape index (κ2) is 9.11. The third kappa shape index (κ3) is 4.29. The Balaban J connectivity index is 1.59. The summed E-state index contributed by atoms with van der Waals surface area (Å²) in [6.45, 7) is 4.74. The van der Waals surface area contributed by atoms with Crippen LogP contribution in [0, 0.1) is 0 Å². The zero-order chi connectivity index (χ0) is 23.0. The van der Waals surface area contributed by atoms with E-state index < -0.39 is 27.9 Å². The summed E-state index contributed by atoms with van der Waals surface area (Å²) in [7, 11) is -3.86. The molecule has 2 aliphatic rings. The number of sulfonamides is 1. The SMILES string of the molecule is CCN1CCc2c(sc(NC(=O)C3CCCN3S(=O)(=O)c3ccc(Cl)cc3)c2C(N)=O)C1. The minimum absolute atomic E-state index is 0.0886. The minimum atomic E-state index is -3.86. The summed E-state index contributed by atoms with van der Waals surface area (Å²) in [6.07, 6.45) is 1.66. The number of fused-ring (bicyclic) bond motifs is 1. The van der Waals surface area contributed by atoms with E-state index in [9.17, 15) is 18.0 Å². The molecule has 0 saturated carbocycles. The number of carbonyl (C=O) groups excluding carboxylic acids is 2. The van der Waals surface area contributed by atoms with Crippen molar-refractivity contribution >= 4 is 49.8 Å². The number of halogens is 1. The summed E-state index contributed by atoms with van der Waals surface area (Å²) in [5.41, 5.74) is 6.88. The number of rotatable bonds is 6. The lowest BCUT2D eigenvalue weighted by atomic mass is 10.0. The Morgan fingerprint density at radius 2 is 1.97 bits per heavy atom. The van der Waals surface area contributed by atoms with Crippen LogP contribution < -0.4 is 11.1 Å². The van der Waals surface area contributed by atoms with Gasteiger partial charge in [-0.15, -0.1) is 11.3 Å². The maximum atomic E-state index is 13.2. The number of hydrogen-bond acceptors (Lipinski definition) is 6. The molecular formula is C21H25ClN4O4S2. The second-order valence-electron chi connectivity index (χ2n) is 7.91. The van der Waals surface area contributed by atoms with Crippen LogP contribution in [0.3, 0.4) is 0 Å². The van der Waals surface area contributed by atoms with Crippen molar-refractivity contribution < 1.29 is 18.0 Å². The highest BCUT2D eigenvalue weighted by atomic mass is 35.5. The standard InChI is InChI=1S/C21H25ClN4O4S2/c1-2-25-11-9-15-17(12-25)31-21(18(15)19(23)27)24-20(28)16-4-3-10-26(16)32(29,30)14-7-5-13(22)6-8-14/h5-8,16H,2-4,9-12H2,1H3,(H2,23,27)(H,24,28). The molecule has 1 aromatic heterocycles. The normalized spacial score (nSPS) is 19.6. The van der Waals surface area contributed by atoms with Crippen molar-refractivity contribution in [3.05, 3.63) is 45.3 Å². The third-order valence-corrected chi connectivity index (χ3v) is 9.30. The van der Waals surface area contributed by atoms with Crippen LogP contribution in [0.25, 0.3) is 0 Å². The fraction of sp³-hybridized carbons (Fsp3) is 0.429. The average Bonchev–Trinajstić information content (AvgIpc) is 3.38. The average molecular weight is 497 g/mol.